The number of rotatable bonds is 7. The third-order valence-corrected chi connectivity index (χ3v) is 5.60. The lowest BCUT2D eigenvalue weighted by Crippen LogP contribution is -2.38. The van der Waals surface area contributed by atoms with Gasteiger partial charge in [0.2, 0.25) is 5.95 Å². The molecule has 3 N–H and O–H groups in total. The molecule has 0 aliphatic carbocycles. The average molecular weight is 409 g/mol. The van der Waals surface area contributed by atoms with E-state index in [4.69, 9.17) is 9.40 Å². The van der Waals surface area contributed by atoms with Crippen molar-refractivity contribution in [1.29, 1.82) is 0 Å². The van der Waals surface area contributed by atoms with Crippen molar-refractivity contribution in [3.05, 3.63) is 36.7 Å². The summed E-state index contributed by atoms with van der Waals surface area (Å²) >= 11 is 0. The van der Waals surface area contributed by atoms with Gasteiger partial charge in [-0.25, -0.2) is 9.37 Å². The summed E-state index contributed by atoms with van der Waals surface area (Å²) in [6.07, 6.45) is 5.51. The van der Waals surface area contributed by atoms with E-state index in [2.05, 4.69) is 30.7 Å². The molecule has 0 saturated carbocycles. The first-order chi connectivity index (χ1) is 14.8. The summed E-state index contributed by atoms with van der Waals surface area (Å²) in [5.74, 6) is 1.90. The third kappa shape index (κ3) is 3.80. The van der Waals surface area contributed by atoms with Crippen molar-refractivity contribution >= 4 is 39.5 Å². The van der Waals surface area contributed by atoms with Crippen LogP contribution in [0.4, 0.5) is 21.8 Å². The molecule has 30 heavy (non-hydrogen) atoms. The molecular weight excluding hydrogens is 385 g/mol. The van der Waals surface area contributed by atoms with Crippen LogP contribution in [0.25, 0.3) is 22.0 Å². The van der Waals surface area contributed by atoms with Crippen molar-refractivity contribution in [2.45, 2.75) is 12.8 Å². The van der Waals surface area contributed by atoms with Gasteiger partial charge in [-0.1, -0.05) is 0 Å². The normalized spacial score (nSPS) is 15.3. The molecule has 5 rings (SSSR count). The standard InChI is InChI=1S/C21H24FN7O/c22-6-7-23-12-14-3-8-29(9-4-14)20-19-17(5-10-30-19)26-21(27-20)25-16-2-1-15-13-24-28-18(15)11-16/h1-2,5,10-11,13-14,23H,3-4,6-9,12H2,(H,24,28)(H,25,26,27). The molecule has 0 radical (unpaired) electrons. The summed E-state index contributed by atoms with van der Waals surface area (Å²) < 4.78 is 18.0. The fourth-order valence-electron chi connectivity index (χ4n) is 3.98. The minimum absolute atomic E-state index is 0.320. The van der Waals surface area contributed by atoms with E-state index >= 15 is 0 Å². The van der Waals surface area contributed by atoms with Gasteiger partial charge in [0.25, 0.3) is 0 Å². The summed E-state index contributed by atoms with van der Waals surface area (Å²) in [6, 6.07) is 7.83. The second-order valence-electron chi connectivity index (χ2n) is 7.63. The van der Waals surface area contributed by atoms with Crippen molar-refractivity contribution in [2.75, 3.05) is 43.1 Å². The number of nitrogens with zero attached hydrogens (tertiary/aromatic N) is 4. The molecule has 0 unspecified atom stereocenters. The number of anilines is 3. The second-order valence-corrected chi connectivity index (χ2v) is 7.63. The molecule has 4 heterocycles. The number of alkyl halides is 1. The number of piperidine rings is 1. The van der Waals surface area contributed by atoms with Crippen LogP contribution in [-0.2, 0) is 0 Å². The number of hydrogen-bond donors (Lipinski definition) is 3. The summed E-state index contributed by atoms with van der Waals surface area (Å²) in [5, 5.41) is 14.6. The molecule has 4 aromatic rings. The van der Waals surface area contributed by atoms with Crippen LogP contribution < -0.4 is 15.5 Å². The Morgan fingerprint density at radius 3 is 2.97 bits per heavy atom. The molecule has 1 fully saturated rings. The van der Waals surface area contributed by atoms with E-state index in [1.807, 2.05) is 24.3 Å². The third-order valence-electron chi connectivity index (χ3n) is 5.60. The second kappa shape index (κ2) is 8.27. The van der Waals surface area contributed by atoms with Crippen LogP contribution in [0, 0.1) is 5.92 Å². The van der Waals surface area contributed by atoms with Crippen LogP contribution in [0.2, 0.25) is 0 Å². The van der Waals surface area contributed by atoms with Gasteiger partial charge in [-0.05, 0) is 43.5 Å². The van der Waals surface area contributed by atoms with Crippen molar-refractivity contribution < 1.29 is 8.81 Å². The Morgan fingerprint density at radius 1 is 1.20 bits per heavy atom. The van der Waals surface area contributed by atoms with Gasteiger partial charge in [-0.15, -0.1) is 0 Å². The minimum atomic E-state index is -0.320. The highest BCUT2D eigenvalue weighted by Crippen LogP contribution is 2.30. The Labute approximate surface area is 172 Å². The van der Waals surface area contributed by atoms with E-state index in [1.165, 1.54) is 0 Å². The van der Waals surface area contributed by atoms with Crippen LogP contribution in [0.15, 0.2) is 41.1 Å². The van der Waals surface area contributed by atoms with Gasteiger partial charge in [-0.3, -0.25) is 5.10 Å². The van der Waals surface area contributed by atoms with E-state index in [9.17, 15) is 4.39 Å². The van der Waals surface area contributed by atoms with Crippen molar-refractivity contribution in [3.63, 3.8) is 0 Å². The summed E-state index contributed by atoms with van der Waals surface area (Å²) in [4.78, 5) is 11.6. The highest BCUT2D eigenvalue weighted by Gasteiger charge is 2.23. The molecule has 0 bridgehead atoms. The Bertz CT molecular complexity index is 1130. The van der Waals surface area contributed by atoms with Gasteiger partial charge in [0.15, 0.2) is 11.4 Å². The lowest BCUT2D eigenvalue weighted by Gasteiger charge is -2.32. The molecule has 0 spiro atoms. The number of hydrogen-bond acceptors (Lipinski definition) is 7. The molecule has 1 aliphatic heterocycles. The largest absolute Gasteiger partial charge is 0.459 e. The zero-order chi connectivity index (χ0) is 20.3. The van der Waals surface area contributed by atoms with Crippen LogP contribution >= 0.6 is 0 Å². The number of benzene rings is 1. The summed E-state index contributed by atoms with van der Waals surface area (Å²) in [7, 11) is 0. The number of H-pyrrole nitrogens is 1. The monoisotopic (exact) mass is 409 g/mol. The van der Waals surface area contributed by atoms with Gasteiger partial charge in [0.1, 0.15) is 12.2 Å². The highest BCUT2D eigenvalue weighted by atomic mass is 19.1. The number of halogens is 1. The zero-order valence-electron chi connectivity index (χ0n) is 16.6. The van der Waals surface area contributed by atoms with E-state index in [0.29, 0.717) is 24.0 Å². The van der Waals surface area contributed by atoms with Gasteiger partial charge in [0.05, 0.1) is 18.0 Å². The summed E-state index contributed by atoms with van der Waals surface area (Å²) in [6.45, 7) is 2.74. The molecule has 1 aromatic carbocycles. The van der Waals surface area contributed by atoms with Crippen molar-refractivity contribution in [3.8, 4) is 0 Å². The van der Waals surface area contributed by atoms with Crippen LogP contribution in [0.3, 0.4) is 0 Å². The smallest absolute Gasteiger partial charge is 0.229 e. The number of aromatic nitrogens is 4. The molecule has 1 saturated heterocycles. The Balaban J connectivity index is 1.35. The summed E-state index contributed by atoms with van der Waals surface area (Å²) in [5.41, 5.74) is 3.32. The minimum Gasteiger partial charge on any atom is -0.459 e. The maximum absolute atomic E-state index is 12.3. The molecule has 9 heteroatoms. The lowest BCUT2D eigenvalue weighted by atomic mass is 9.97. The molecule has 8 nitrogen and oxygen atoms in total. The molecular formula is C21H24FN7O. The number of aromatic amines is 1. The Hall–Kier alpha value is -3.20. The zero-order valence-corrected chi connectivity index (χ0v) is 16.6. The van der Waals surface area contributed by atoms with E-state index < -0.39 is 0 Å². The Kier molecular flexibility index (Phi) is 5.18. The number of nitrogens with one attached hydrogen (secondary N) is 3. The first-order valence-electron chi connectivity index (χ1n) is 10.3. The molecule has 0 atom stereocenters. The first kappa shape index (κ1) is 18.8. The molecule has 1 aliphatic rings. The number of fused-ring (bicyclic) bond motifs is 2. The van der Waals surface area contributed by atoms with Crippen LogP contribution in [0.1, 0.15) is 12.8 Å². The maximum atomic E-state index is 12.3. The topological polar surface area (TPSA) is 94.9 Å². The van der Waals surface area contributed by atoms with Crippen LogP contribution in [0.5, 0.6) is 0 Å². The van der Waals surface area contributed by atoms with Crippen LogP contribution in [-0.4, -0.2) is 53.0 Å². The Morgan fingerprint density at radius 2 is 2.10 bits per heavy atom. The quantitative estimate of drug-likeness (QED) is 0.401. The van der Waals surface area contributed by atoms with Gasteiger partial charge >= 0.3 is 0 Å². The fraction of sp³-hybridized carbons (Fsp3) is 0.381. The van der Waals surface area contributed by atoms with E-state index in [1.54, 1.807) is 12.5 Å². The first-order valence-corrected chi connectivity index (χ1v) is 10.3. The fourth-order valence-corrected chi connectivity index (χ4v) is 3.98. The highest BCUT2D eigenvalue weighted by molar-refractivity contribution is 5.86. The van der Waals surface area contributed by atoms with Gasteiger partial charge in [-0.2, -0.15) is 10.1 Å². The van der Waals surface area contributed by atoms with Crippen molar-refractivity contribution in [1.82, 2.24) is 25.5 Å². The van der Waals surface area contributed by atoms with Gasteiger partial charge < -0.3 is 20.0 Å². The number of furan rings is 1. The molecule has 3 aromatic heterocycles. The molecule has 0 amide bonds. The van der Waals surface area contributed by atoms with Crippen molar-refractivity contribution in [2.24, 2.45) is 5.92 Å². The van der Waals surface area contributed by atoms with E-state index in [-0.39, 0.29) is 6.67 Å². The van der Waals surface area contributed by atoms with E-state index in [0.717, 1.165) is 60.4 Å². The lowest BCUT2D eigenvalue weighted by molar-refractivity contribution is 0.369. The average Bonchev–Trinajstić information content (AvgIpc) is 3.43. The predicted octanol–water partition coefficient (Wildman–Crippen LogP) is 3.62. The molecule has 156 valence electrons. The predicted molar refractivity (Wildman–Crippen MR) is 115 cm³/mol. The maximum Gasteiger partial charge on any atom is 0.229 e. The SMILES string of the molecule is FCCNCC1CCN(c2nc(Nc3ccc4cn[nH]c4c3)nc3ccoc23)CC1. The van der Waals surface area contributed by atoms with Gasteiger partial charge in [0, 0.05) is 36.8 Å².